The number of phenolic OH excluding ortho intramolecular Hbond substituents is 1. The van der Waals surface area contributed by atoms with Gasteiger partial charge in [0, 0.05) is 51.5 Å². The zero-order chi connectivity index (χ0) is 49.5. The van der Waals surface area contributed by atoms with Crippen LogP contribution in [0.4, 0.5) is 0 Å². The lowest BCUT2D eigenvalue weighted by molar-refractivity contribution is 0.475. The lowest BCUT2D eigenvalue weighted by Crippen LogP contribution is -1.80. The maximum atomic E-state index is 8.76. The second-order valence-electron chi connectivity index (χ2n) is 17.1. The molecule has 0 aliphatic heterocycles. The van der Waals surface area contributed by atoms with Crippen LogP contribution in [0.3, 0.4) is 0 Å². The number of pyridine rings is 4. The van der Waals surface area contributed by atoms with Crippen LogP contribution in [0.2, 0.25) is 0 Å². The summed E-state index contributed by atoms with van der Waals surface area (Å²) in [6.45, 7) is 14.3. The van der Waals surface area contributed by atoms with Crippen molar-refractivity contribution in [2.45, 2.75) is 63.3 Å². The molecule has 1 N–H and O–H groups in total. The van der Waals surface area contributed by atoms with Gasteiger partial charge in [-0.1, -0.05) is 201 Å². The Hall–Kier alpha value is -8.54. The van der Waals surface area contributed by atoms with E-state index in [4.69, 9.17) is 5.11 Å². The molecule has 0 aliphatic carbocycles. The van der Waals surface area contributed by atoms with Gasteiger partial charge in [0.25, 0.3) is 0 Å². The van der Waals surface area contributed by atoms with Gasteiger partial charge in [-0.05, 0) is 131 Å². The Morgan fingerprint density at radius 2 is 0.736 bits per heavy atom. The Morgan fingerprint density at radius 1 is 0.278 bits per heavy atom. The van der Waals surface area contributed by atoms with E-state index in [1.54, 1.807) is 12.1 Å². The molecular formula is C67H70N4O. The number of hydrogen-bond donors (Lipinski definition) is 1. The Morgan fingerprint density at radius 3 is 1.38 bits per heavy atom. The minimum atomic E-state index is 0. The van der Waals surface area contributed by atoms with Gasteiger partial charge >= 0.3 is 0 Å². The van der Waals surface area contributed by atoms with Crippen molar-refractivity contribution in [2.24, 2.45) is 0 Å². The summed E-state index contributed by atoms with van der Waals surface area (Å²) in [5.41, 5.74) is 11.7. The molecule has 0 radical (unpaired) electrons. The number of rotatable bonds is 0. The minimum absolute atomic E-state index is 0. The van der Waals surface area contributed by atoms with Gasteiger partial charge < -0.3 is 5.11 Å². The van der Waals surface area contributed by atoms with E-state index < -0.39 is 0 Å². The Bertz CT molecular complexity index is 3010. The van der Waals surface area contributed by atoms with Gasteiger partial charge in [0.2, 0.25) is 0 Å². The van der Waals surface area contributed by atoms with E-state index >= 15 is 0 Å². The third kappa shape index (κ3) is 18.8. The molecule has 0 unspecified atom stereocenters. The number of hydrogen-bond acceptors (Lipinski definition) is 5. The molecule has 0 fully saturated rings. The quantitative estimate of drug-likeness (QED) is 0.164. The first-order chi connectivity index (χ1) is 34.0. The van der Waals surface area contributed by atoms with Gasteiger partial charge in [0.1, 0.15) is 5.75 Å². The Balaban J connectivity index is 0.000000182. The zero-order valence-corrected chi connectivity index (χ0v) is 41.3. The smallest absolute Gasteiger partial charge is 0.115 e. The summed E-state index contributed by atoms with van der Waals surface area (Å²) in [5.74, 6) is 0.329. The van der Waals surface area contributed by atoms with Crippen molar-refractivity contribution in [3.8, 4) is 5.75 Å². The zero-order valence-electron chi connectivity index (χ0n) is 41.3. The Kier molecular flexibility index (Phi) is 22.9. The van der Waals surface area contributed by atoms with E-state index in [1.807, 2.05) is 136 Å². The number of aryl methyl sites for hydroxylation is 7. The van der Waals surface area contributed by atoms with Crippen molar-refractivity contribution in [1.82, 2.24) is 19.9 Å². The third-order valence-electron chi connectivity index (χ3n) is 10.9. The van der Waals surface area contributed by atoms with Crippen molar-refractivity contribution in [1.29, 1.82) is 0 Å². The summed E-state index contributed by atoms with van der Waals surface area (Å²) in [4.78, 5) is 17.1. The number of para-hydroxylation sites is 2. The average Bonchev–Trinajstić information content (AvgIpc) is 3.38. The molecule has 364 valence electrons. The summed E-state index contributed by atoms with van der Waals surface area (Å²) in [6, 6.07) is 75.5. The van der Waals surface area contributed by atoms with Crippen LogP contribution in [0.5, 0.6) is 5.75 Å². The van der Waals surface area contributed by atoms with E-state index in [9.17, 15) is 0 Å². The molecule has 12 aromatic rings. The average molecular weight is 947 g/mol. The summed E-state index contributed by atoms with van der Waals surface area (Å²) in [6.07, 6.45) is 5.62. The van der Waals surface area contributed by atoms with Crippen molar-refractivity contribution in [2.75, 3.05) is 0 Å². The highest BCUT2D eigenvalue weighted by Crippen LogP contribution is 2.16. The molecule has 72 heavy (non-hydrogen) atoms. The first-order valence-electron chi connectivity index (χ1n) is 23.5. The van der Waals surface area contributed by atoms with E-state index in [1.165, 1.54) is 65.5 Å². The number of benzene rings is 8. The van der Waals surface area contributed by atoms with Crippen molar-refractivity contribution >= 4 is 54.3 Å². The standard InChI is InChI=1S/C11H10.4C10H9N.C7H8O.C7H8.2CH4/c1-9-6-7-10-4-2-3-5-11(10)8-9;1-8-4-5-10-9(7-8)3-2-6-11-10;1-8-6-9-4-2-3-5-10(9)7-11-8;1-8-6-9-4-2-3-5-10(9)11-7-8;1-8-6-7-9-4-2-3-5-10(9)11-8;1-6-2-4-7(8)5-3-6;1-7-5-3-2-4-6-7;;/h2-8H,1H3;4*2-7H,1H3;2-5,8H,1H3;2-6H,1H3;2*1H4. The monoisotopic (exact) mass is 947 g/mol. The van der Waals surface area contributed by atoms with Crippen LogP contribution in [0.1, 0.15) is 54.1 Å². The van der Waals surface area contributed by atoms with E-state index in [0.717, 1.165) is 27.9 Å². The van der Waals surface area contributed by atoms with Gasteiger partial charge in [0.15, 0.2) is 0 Å². The van der Waals surface area contributed by atoms with Crippen LogP contribution in [0.15, 0.2) is 243 Å². The lowest BCUT2D eigenvalue weighted by Gasteiger charge is -1.96. The normalized spacial score (nSPS) is 9.71. The van der Waals surface area contributed by atoms with Crippen LogP contribution in [-0.4, -0.2) is 25.0 Å². The highest BCUT2D eigenvalue weighted by molar-refractivity contribution is 5.83. The number of aromatic nitrogens is 4. The maximum absolute atomic E-state index is 8.76. The predicted molar refractivity (Wildman–Crippen MR) is 312 cm³/mol. The largest absolute Gasteiger partial charge is 0.508 e. The molecule has 0 bridgehead atoms. The summed E-state index contributed by atoms with van der Waals surface area (Å²) >= 11 is 0. The first-order valence-corrected chi connectivity index (χ1v) is 23.5. The van der Waals surface area contributed by atoms with Crippen molar-refractivity contribution in [3.05, 3.63) is 282 Å². The molecule has 0 spiro atoms. The number of aromatic hydroxyl groups is 1. The van der Waals surface area contributed by atoms with E-state index in [2.05, 4.69) is 163 Å². The SMILES string of the molecule is C.C.Cc1cc2ccccc2cn1.Cc1ccc(O)cc1.Cc1ccc2ccccc2c1.Cc1ccc2ccccc2n1.Cc1ccc2ncccc2c1.Cc1ccccc1.Cc1cnc2ccccc2c1. The molecule has 5 heteroatoms. The second kappa shape index (κ2) is 29.5. The van der Waals surface area contributed by atoms with Crippen LogP contribution >= 0.6 is 0 Å². The second-order valence-corrected chi connectivity index (χ2v) is 17.1. The molecule has 0 saturated carbocycles. The number of fused-ring (bicyclic) bond motifs is 5. The van der Waals surface area contributed by atoms with Gasteiger partial charge in [-0.3, -0.25) is 19.9 Å². The molecule has 0 atom stereocenters. The molecule has 0 amide bonds. The molecule has 4 heterocycles. The molecule has 0 aliphatic rings. The molecule has 8 aromatic carbocycles. The molecule has 5 nitrogen and oxygen atoms in total. The first kappa shape index (κ1) is 56.1. The minimum Gasteiger partial charge on any atom is -0.508 e. The fourth-order valence-electron chi connectivity index (χ4n) is 7.13. The summed E-state index contributed by atoms with van der Waals surface area (Å²) in [7, 11) is 0. The van der Waals surface area contributed by atoms with E-state index in [0.29, 0.717) is 5.75 Å². The fourth-order valence-corrected chi connectivity index (χ4v) is 7.13. The van der Waals surface area contributed by atoms with Crippen LogP contribution in [-0.2, 0) is 0 Å². The molecular weight excluding hydrogens is 877 g/mol. The molecule has 0 saturated heterocycles. The fraction of sp³-hybridized carbons (Fsp3) is 0.134. The third-order valence-corrected chi connectivity index (χ3v) is 10.9. The van der Waals surface area contributed by atoms with Crippen LogP contribution < -0.4 is 0 Å². The predicted octanol–water partition coefficient (Wildman–Crippen LogP) is 18.3. The maximum Gasteiger partial charge on any atom is 0.115 e. The van der Waals surface area contributed by atoms with Gasteiger partial charge in [-0.15, -0.1) is 0 Å². The van der Waals surface area contributed by atoms with Gasteiger partial charge in [-0.2, -0.15) is 0 Å². The van der Waals surface area contributed by atoms with Gasteiger partial charge in [-0.25, -0.2) is 0 Å². The highest BCUT2D eigenvalue weighted by atomic mass is 16.3. The van der Waals surface area contributed by atoms with Gasteiger partial charge in [0.05, 0.1) is 16.6 Å². The molecule has 12 rings (SSSR count). The highest BCUT2D eigenvalue weighted by Gasteiger charge is 1.95. The van der Waals surface area contributed by atoms with Crippen molar-refractivity contribution < 1.29 is 5.11 Å². The lowest BCUT2D eigenvalue weighted by atomic mass is 10.1. The summed E-state index contributed by atoms with van der Waals surface area (Å²) in [5, 5.41) is 17.5. The summed E-state index contributed by atoms with van der Waals surface area (Å²) < 4.78 is 0. The van der Waals surface area contributed by atoms with E-state index in [-0.39, 0.29) is 14.9 Å². The van der Waals surface area contributed by atoms with Crippen LogP contribution in [0, 0.1) is 48.5 Å². The van der Waals surface area contributed by atoms with Crippen molar-refractivity contribution in [3.63, 3.8) is 0 Å². The number of phenols is 1. The number of nitrogens with zero attached hydrogens (tertiary/aromatic N) is 4. The molecule has 4 aromatic heterocycles. The topological polar surface area (TPSA) is 71.8 Å². The van der Waals surface area contributed by atoms with Crippen LogP contribution in [0.25, 0.3) is 54.3 Å². The Labute approximate surface area is 428 Å².